The summed E-state index contributed by atoms with van der Waals surface area (Å²) in [6.45, 7) is 12.7. The molecule has 1 aromatic heterocycles. The SMILES string of the molecule is CC1=CC(C)(C)N(C)c2cc3[o+]c4cc5c(cc4c(-c4cc(C(=O)O)ccc4C(=O)[O-])c3cc21)C(C)=CC(C)(C)N5C. The molecule has 0 spiro atoms. The Morgan fingerprint density at radius 3 is 1.67 bits per heavy atom. The van der Waals surface area contributed by atoms with Crippen LogP contribution in [0.2, 0.25) is 0 Å². The lowest BCUT2D eigenvalue weighted by Gasteiger charge is -2.40. The van der Waals surface area contributed by atoms with Crippen molar-refractivity contribution >= 4 is 56.4 Å². The number of carbonyl (C=O) groups excluding carboxylic acids is 1. The van der Waals surface area contributed by atoms with Crippen LogP contribution in [0.25, 0.3) is 44.2 Å². The minimum absolute atomic E-state index is 0.0110. The van der Waals surface area contributed by atoms with E-state index in [1.165, 1.54) is 18.2 Å². The molecular weight excluding hydrogens is 528 g/mol. The molecule has 6 rings (SSSR count). The lowest BCUT2D eigenvalue weighted by atomic mass is 9.85. The van der Waals surface area contributed by atoms with Gasteiger partial charge in [0.2, 0.25) is 0 Å². The van der Waals surface area contributed by atoms with E-state index in [2.05, 4.69) is 63.5 Å². The smallest absolute Gasteiger partial charge is 0.363 e. The second-order valence-corrected chi connectivity index (χ2v) is 12.6. The molecule has 4 aromatic rings. The van der Waals surface area contributed by atoms with Gasteiger partial charge < -0.3 is 24.8 Å². The second kappa shape index (κ2) is 8.92. The summed E-state index contributed by atoms with van der Waals surface area (Å²) in [5, 5.41) is 23.7. The van der Waals surface area contributed by atoms with Crippen LogP contribution in [-0.2, 0) is 0 Å². The fraction of sp³-hybridized carbons (Fsp3) is 0.286. The molecule has 0 saturated heterocycles. The summed E-state index contributed by atoms with van der Waals surface area (Å²) in [5.74, 6) is -2.52. The Kier molecular flexibility index (Phi) is 5.85. The second-order valence-electron chi connectivity index (χ2n) is 12.6. The predicted octanol–water partition coefficient (Wildman–Crippen LogP) is 6.86. The Labute approximate surface area is 245 Å². The van der Waals surface area contributed by atoms with E-state index in [1.807, 2.05) is 38.4 Å². The van der Waals surface area contributed by atoms with E-state index in [1.54, 1.807) is 0 Å². The van der Waals surface area contributed by atoms with Crippen molar-refractivity contribution in [3.8, 4) is 11.1 Å². The van der Waals surface area contributed by atoms with Crippen LogP contribution in [0.3, 0.4) is 0 Å². The van der Waals surface area contributed by atoms with Crippen LogP contribution in [0, 0.1) is 0 Å². The Balaban J connectivity index is 1.82. The quantitative estimate of drug-likeness (QED) is 0.215. The molecule has 42 heavy (non-hydrogen) atoms. The molecule has 2 aliphatic heterocycles. The Morgan fingerprint density at radius 1 is 0.762 bits per heavy atom. The lowest BCUT2D eigenvalue weighted by molar-refractivity contribution is -0.254. The van der Waals surface area contributed by atoms with Gasteiger partial charge in [-0.25, -0.2) is 9.21 Å². The predicted molar refractivity (Wildman–Crippen MR) is 167 cm³/mol. The monoisotopic (exact) mass is 562 g/mol. The fourth-order valence-electron chi connectivity index (χ4n) is 6.53. The van der Waals surface area contributed by atoms with Crippen molar-refractivity contribution in [3.63, 3.8) is 0 Å². The van der Waals surface area contributed by atoms with Crippen LogP contribution < -0.4 is 14.9 Å². The number of hydrogen-bond acceptors (Lipinski definition) is 5. The minimum Gasteiger partial charge on any atom is -0.545 e. The summed E-state index contributed by atoms with van der Waals surface area (Å²) in [6, 6.07) is 12.1. The number of carboxylic acid groups (broad SMARTS) is 2. The van der Waals surface area contributed by atoms with Crippen molar-refractivity contribution in [2.45, 2.75) is 52.6 Å². The molecule has 3 aromatic carbocycles. The molecule has 214 valence electrons. The molecular formula is C35H34N2O5. The number of hydrogen-bond donors (Lipinski definition) is 1. The maximum atomic E-state index is 12.4. The normalized spacial score (nSPS) is 17.0. The van der Waals surface area contributed by atoms with Gasteiger partial charge in [0.25, 0.3) is 0 Å². The van der Waals surface area contributed by atoms with Gasteiger partial charge in [-0.2, -0.15) is 0 Å². The number of aromatic carboxylic acids is 2. The molecule has 0 bridgehead atoms. The van der Waals surface area contributed by atoms with Crippen molar-refractivity contribution in [2.24, 2.45) is 0 Å². The molecule has 1 N–H and O–H groups in total. The van der Waals surface area contributed by atoms with Crippen molar-refractivity contribution in [1.82, 2.24) is 0 Å². The number of rotatable bonds is 3. The largest absolute Gasteiger partial charge is 0.545 e. The van der Waals surface area contributed by atoms with Crippen molar-refractivity contribution < 1.29 is 24.2 Å². The van der Waals surface area contributed by atoms with E-state index in [9.17, 15) is 19.8 Å². The Hall–Kier alpha value is -4.65. The first-order chi connectivity index (χ1) is 19.6. The van der Waals surface area contributed by atoms with Crippen molar-refractivity contribution in [3.05, 3.63) is 76.9 Å². The average Bonchev–Trinajstić information content (AvgIpc) is 2.91. The maximum Gasteiger partial charge on any atom is 0.363 e. The lowest BCUT2D eigenvalue weighted by Crippen LogP contribution is -2.42. The standard InChI is InChI=1S/C35H34N2O5/c1-18-16-34(3,4)36(7)27-14-29-25(12-22(18)27)31(24-11-20(32(38)39)9-10-21(24)33(40)41)26-13-23-19(2)17-35(5,6)37(8)28(23)15-30(26)42-29/h9-17H,1-8H3,(H-,38,39,40,41). The number of carbonyl (C=O) groups is 2. The zero-order valence-electron chi connectivity index (χ0n) is 25.2. The van der Waals surface area contributed by atoms with Crippen LogP contribution in [0.1, 0.15) is 73.4 Å². The first-order valence-electron chi connectivity index (χ1n) is 14.0. The molecule has 3 heterocycles. The minimum atomic E-state index is -1.38. The first kappa shape index (κ1) is 27.5. The topological polar surface area (TPSA) is 95.2 Å². The van der Waals surface area contributed by atoms with E-state index in [4.69, 9.17) is 4.42 Å². The summed E-state index contributed by atoms with van der Waals surface area (Å²) in [6.07, 6.45) is 4.41. The zero-order chi connectivity index (χ0) is 30.5. The number of carboxylic acids is 2. The van der Waals surface area contributed by atoms with Crippen LogP contribution in [-0.4, -0.2) is 42.2 Å². The summed E-state index contributed by atoms with van der Waals surface area (Å²) in [4.78, 5) is 28.9. The number of nitrogens with zero attached hydrogens (tertiary/aromatic N) is 2. The average molecular weight is 563 g/mol. The van der Waals surface area contributed by atoms with E-state index in [0.717, 1.165) is 33.6 Å². The van der Waals surface area contributed by atoms with E-state index in [0.29, 0.717) is 27.5 Å². The molecule has 0 fully saturated rings. The highest BCUT2D eigenvalue weighted by Crippen LogP contribution is 2.48. The van der Waals surface area contributed by atoms with Gasteiger partial charge in [-0.15, -0.1) is 0 Å². The van der Waals surface area contributed by atoms with Crippen LogP contribution in [0.4, 0.5) is 11.4 Å². The molecule has 7 nitrogen and oxygen atoms in total. The van der Waals surface area contributed by atoms with Gasteiger partial charge in [-0.3, -0.25) is 0 Å². The van der Waals surface area contributed by atoms with Crippen molar-refractivity contribution in [1.29, 1.82) is 0 Å². The summed E-state index contributed by atoms with van der Waals surface area (Å²) >= 11 is 0. The van der Waals surface area contributed by atoms with Gasteiger partial charge in [0, 0.05) is 36.3 Å². The molecule has 0 radical (unpaired) electrons. The number of benzene rings is 3. The molecule has 0 amide bonds. The third kappa shape index (κ3) is 3.98. The van der Waals surface area contributed by atoms with Gasteiger partial charge in [0.15, 0.2) is 0 Å². The highest BCUT2D eigenvalue weighted by Gasteiger charge is 2.35. The molecule has 0 saturated carbocycles. The Morgan fingerprint density at radius 2 is 1.24 bits per heavy atom. The van der Waals surface area contributed by atoms with Gasteiger partial charge in [0.1, 0.15) is 0 Å². The number of anilines is 2. The molecule has 0 aliphatic carbocycles. The summed E-state index contributed by atoms with van der Waals surface area (Å²) in [5.41, 5.74) is 7.65. The van der Waals surface area contributed by atoms with E-state index >= 15 is 0 Å². The summed E-state index contributed by atoms with van der Waals surface area (Å²) in [7, 11) is 4.09. The Bertz CT molecular complexity index is 1850. The number of allylic oxidation sites excluding steroid dienone is 2. The van der Waals surface area contributed by atoms with Gasteiger partial charge in [0.05, 0.1) is 56.9 Å². The molecule has 2 aliphatic rings. The first-order valence-corrected chi connectivity index (χ1v) is 14.0. The van der Waals surface area contributed by atoms with Crippen molar-refractivity contribution in [2.75, 3.05) is 23.9 Å². The summed E-state index contributed by atoms with van der Waals surface area (Å²) < 4.78 is 6.65. The molecule has 7 heteroatoms. The van der Waals surface area contributed by atoms with Gasteiger partial charge in [-0.05, 0) is 82.5 Å². The van der Waals surface area contributed by atoms with E-state index in [-0.39, 0.29) is 27.8 Å². The fourth-order valence-corrected chi connectivity index (χ4v) is 6.53. The van der Waals surface area contributed by atoms with Crippen LogP contribution >= 0.6 is 0 Å². The third-order valence-corrected chi connectivity index (χ3v) is 9.15. The number of fused-ring (bicyclic) bond motifs is 4. The van der Waals surface area contributed by atoms with Crippen LogP contribution in [0.15, 0.2) is 59.0 Å². The van der Waals surface area contributed by atoms with Gasteiger partial charge >= 0.3 is 17.1 Å². The van der Waals surface area contributed by atoms with Gasteiger partial charge in [-0.1, -0.05) is 18.2 Å². The molecule has 0 unspecified atom stereocenters. The highest BCUT2D eigenvalue weighted by atomic mass is 16.4. The van der Waals surface area contributed by atoms with Crippen LogP contribution in [0.5, 0.6) is 0 Å². The third-order valence-electron chi connectivity index (χ3n) is 9.15. The highest BCUT2D eigenvalue weighted by molar-refractivity contribution is 6.15. The molecule has 0 atom stereocenters. The van der Waals surface area contributed by atoms with E-state index < -0.39 is 11.9 Å². The zero-order valence-corrected chi connectivity index (χ0v) is 25.2. The number of likely N-dealkylation sites (N-methyl/N-ethyl adjacent to an activating group) is 2. The maximum absolute atomic E-state index is 12.4.